The minimum Gasteiger partial charge on any atom is -0.394 e. The van der Waals surface area contributed by atoms with Crippen molar-refractivity contribution in [1.29, 1.82) is 0 Å². The number of carbonyl (C=O) groups is 3. The molecule has 0 saturated carbocycles. The number of fused-ring (bicyclic) bond motifs is 1. The molecule has 0 aromatic heterocycles. The van der Waals surface area contributed by atoms with Gasteiger partial charge in [-0.3, -0.25) is 14.4 Å². The molecular formula is C15H16ClN3O4. The number of halogens is 1. The average Bonchev–Trinajstić information content (AvgIpc) is 2.95. The number of aliphatic hydroxyl groups is 1. The summed E-state index contributed by atoms with van der Waals surface area (Å²) >= 11 is 5.99. The maximum atomic E-state index is 12.3. The third-order valence-electron chi connectivity index (χ3n) is 4.14. The van der Waals surface area contributed by atoms with Gasteiger partial charge in [0.1, 0.15) is 12.1 Å². The molecular weight excluding hydrogens is 322 g/mol. The summed E-state index contributed by atoms with van der Waals surface area (Å²) in [6.45, 7) is -0.200. The van der Waals surface area contributed by atoms with Crippen LogP contribution < -0.4 is 10.6 Å². The molecule has 2 fully saturated rings. The monoisotopic (exact) mass is 337 g/mol. The summed E-state index contributed by atoms with van der Waals surface area (Å²) in [4.78, 5) is 37.8. The van der Waals surface area contributed by atoms with Crippen LogP contribution in [0, 0.1) is 0 Å². The highest BCUT2D eigenvalue weighted by Gasteiger charge is 2.46. The van der Waals surface area contributed by atoms with Crippen LogP contribution in [0.25, 0.3) is 0 Å². The number of amides is 3. The second kappa shape index (κ2) is 6.17. The Kier molecular flexibility index (Phi) is 4.23. The zero-order valence-corrected chi connectivity index (χ0v) is 12.9. The lowest BCUT2D eigenvalue weighted by Crippen LogP contribution is -2.62. The van der Waals surface area contributed by atoms with Crippen molar-refractivity contribution < 1.29 is 19.5 Å². The van der Waals surface area contributed by atoms with E-state index in [1.807, 2.05) is 0 Å². The van der Waals surface area contributed by atoms with Crippen molar-refractivity contribution in [3.05, 3.63) is 34.9 Å². The quantitative estimate of drug-likeness (QED) is 0.694. The van der Waals surface area contributed by atoms with Gasteiger partial charge in [0.2, 0.25) is 11.8 Å². The predicted molar refractivity (Wildman–Crippen MR) is 81.8 cm³/mol. The van der Waals surface area contributed by atoms with Crippen molar-refractivity contribution in [1.82, 2.24) is 15.5 Å². The Hall–Kier alpha value is -2.12. The highest BCUT2D eigenvalue weighted by Crippen LogP contribution is 2.23. The number of nitrogens with zero attached hydrogens (tertiary/aromatic N) is 1. The normalized spacial score (nSPS) is 26.7. The molecule has 2 heterocycles. The van der Waals surface area contributed by atoms with Gasteiger partial charge in [-0.25, -0.2) is 0 Å². The molecule has 7 nitrogen and oxygen atoms in total. The van der Waals surface area contributed by atoms with Crippen LogP contribution in [0.1, 0.15) is 16.8 Å². The average molecular weight is 338 g/mol. The second-order valence-electron chi connectivity index (χ2n) is 5.64. The van der Waals surface area contributed by atoms with Crippen molar-refractivity contribution in [2.75, 3.05) is 13.2 Å². The summed E-state index contributed by atoms with van der Waals surface area (Å²) in [6, 6.07) is 4.82. The van der Waals surface area contributed by atoms with E-state index >= 15 is 0 Å². The van der Waals surface area contributed by atoms with E-state index in [0.717, 1.165) is 0 Å². The van der Waals surface area contributed by atoms with Crippen molar-refractivity contribution in [2.45, 2.75) is 24.5 Å². The van der Waals surface area contributed by atoms with Crippen LogP contribution in [0.2, 0.25) is 5.02 Å². The van der Waals surface area contributed by atoms with Crippen LogP contribution in [-0.4, -0.2) is 59.0 Å². The highest BCUT2D eigenvalue weighted by molar-refractivity contribution is 6.33. The molecule has 0 spiro atoms. The molecule has 2 aliphatic rings. The van der Waals surface area contributed by atoms with Gasteiger partial charge in [-0.1, -0.05) is 23.7 Å². The minimum atomic E-state index is -0.906. The SMILES string of the molecule is O=C(N[C@H]1C[C@H]2C(=O)N[C@@H](CO)C(=O)N2C1)c1ccccc1Cl. The fourth-order valence-electron chi connectivity index (χ4n) is 2.99. The van der Waals surface area contributed by atoms with Gasteiger partial charge in [0, 0.05) is 12.6 Å². The molecule has 1 aromatic rings. The van der Waals surface area contributed by atoms with E-state index in [-0.39, 0.29) is 30.3 Å². The molecule has 122 valence electrons. The lowest BCUT2D eigenvalue weighted by atomic mass is 10.1. The number of hydrogen-bond acceptors (Lipinski definition) is 4. The van der Waals surface area contributed by atoms with Crippen molar-refractivity contribution >= 4 is 29.3 Å². The molecule has 23 heavy (non-hydrogen) atoms. The van der Waals surface area contributed by atoms with Gasteiger partial charge in [-0.05, 0) is 18.6 Å². The molecule has 3 amide bonds. The summed E-state index contributed by atoms with van der Waals surface area (Å²) in [5, 5.41) is 14.8. The molecule has 3 N–H and O–H groups in total. The van der Waals surface area contributed by atoms with E-state index < -0.39 is 18.7 Å². The molecule has 0 aliphatic carbocycles. The molecule has 8 heteroatoms. The van der Waals surface area contributed by atoms with Crippen molar-refractivity contribution in [2.24, 2.45) is 0 Å². The third kappa shape index (κ3) is 2.89. The fraction of sp³-hybridized carbons (Fsp3) is 0.400. The molecule has 0 bridgehead atoms. The molecule has 3 rings (SSSR count). The Morgan fingerprint density at radius 2 is 2.13 bits per heavy atom. The first-order valence-corrected chi connectivity index (χ1v) is 7.66. The van der Waals surface area contributed by atoms with Crippen molar-refractivity contribution in [3.63, 3.8) is 0 Å². The lowest BCUT2D eigenvalue weighted by Gasteiger charge is -2.33. The Morgan fingerprint density at radius 3 is 2.83 bits per heavy atom. The maximum absolute atomic E-state index is 12.3. The first kappa shape index (κ1) is 15.8. The largest absolute Gasteiger partial charge is 0.394 e. The number of piperazine rings is 1. The van der Waals surface area contributed by atoms with E-state index in [1.54, 1.807) is 24.3 Å². The van der Waals surface area contributed by atoms with Crippen LogP contribution in [0.5, 0.6) is 0 Å². The Morgan fingerprint density at radius 1 is 1.39 bits per heavy atom. The zero-order valence-electron chi connectivity index (χ0n) is 12.2. The van der Waals surface area contributed by atoms with Gasteiger partial charge < -0.3 is 20.6 Å². The summed E-state index contributed by atoms with van der Waals surface area (Å²) < 4.78 is 0. The van der Waals surface area contributed by atoms with Crippen LogP contribution in [0.15, 0.2) is 24.3 Å². The fourth-order valence-corrected chi connectivity index (χ4v) is 3.22. The van der Waals surface area contributed by atoms with Gasteiger partial charge in [-0.15, -0.1) is 0 Å². The van der Waals surface area contributed by atoms with Gasteiger partial charge in [0.15, 0.2) is 0 Å². The van der Waals surface area contributed by atoms with Gasteiger partial charge in [-0.2, -0.15) is 0 Å². The molecule has 2 saturated heterocycles. The first-order valence-electron chi connectivity index (χ1n) is 7.28. The predicted octanol–water partition coefficient (Wildman–Crippen LogP) is -0.470. The van der Waals surface area contributed by atoms with E-state index in [4.69, 9.17) is 16.7 Å². The molecule has 1 aromatic carbocycles. The van der Waals surface area contributed by atoms with Gasteiger partial charge in [0.25, 0.3) is 5.91 Å². The Balaban J connectivity index is 1.70. The molecule has 2 aliphatic heterocycles. The molecule has 3 atom stereocenters. The number of aliphatic hydroxyl groups excluding tert-OH is 1. The number of nitrogens with one attached hydrogen (secondary N) is 2. The number of benzene rings is 1. The third-order valence-corrected chi connectivity index (χ3v) is 4.47. The lowest BCUT2D eigenvalue weighted by molar-refractivity contribution is -0.148. The summed E-state index contributed by atoms with van der Waals surface area (Å²) in [5.74, 6) is -0.975. The van der Waals surface area contributed by atoms with Crippen molar-refractivity contribution in [3.8, 4) is 0 Å². The second-order valence-corrected chi connectivity index (χ2v) is 6.04. The van der Waals surface area contributed by atoms with Gasteiger partial charge in [0.05, 0.1) is 17.2 Å². The Labute approximate surface area is 137 Å². The zero-order chi connectivity index (χ0) is 16.6. The topological polar surface area (TPSA) is 98.7 Å². The van der Waals surface area contributed by atoms with Gasteiger partial charge >= 0.3 is 0 Å². The number of hydrogen-bond donors (Lipinski definition) is 3. The van der Waals surface area contributed by atoms with E-state index in [9.17, 15) is 14.4 Å². The smallest absolute Gasteiger partial charge is 0.253 e. The standard InChI is InChI=1S/C15H16ClN3O4/c16-10-4-2-1-3-9(10)13(21)17-8-5-12-14(22)18-11(7-20)15(23)19(12)6-8/h1-4,8,11-12,20H,5-7H2,(H,17,21)(H,18,22)/t8-,11-,12-/m0/s1. The highest BCUT2D eigenvalue weighted by atomic mass is 35.5. The van der Waals surface area contributed by atoms with Crippen LogP contribution in [-0.2, 0) is 9.59 Å². The van der Waals surface area contributed by atoms with E-state index in [2.05, 4.69) is 10.6 Å². The number of carbonyl (C=O) groups excluding carboxylic acids is 3. The summed E-state index contributed by atoms with van der Waals surface area (Å²) in [5.41, 5.74) is 0.350. The Bertz CT molecular complexity index is 666. The maximum Gasteiger partial charge on any atom is 0.253 e. The number of rotatable bonds is 3. The summed E-state index contributed by atoms with van der Waals surface area (Å²) in [7, 11) is 0. The van der Waals surface area contributed by atoms with E-state index in [0.29, 0.717) is 17.0 Å². The van der Waals surface area contributed by atoms with Crippen LogP contribution in [0.4, 0.5) is 0 Å². The van der Waals surface area contributed by atoms with E-state index in [1.165, 1.54) is 4.90 Å². The molecule has 0 radical (unpaired) electrons. The first-order chi connectivity index (χ1) is 11.0. The molecule has 0 unspecified atom stereocenters. The minimum absolute atomic E-state index is 0.240. The summed E-state index contributed by atoms with van der Waals surface area (Å²) in [6.07, 6.45) is 0.339. The van der Waals surface area contributed by atoms with Crippen LogP contribution in [0.3, 0.4) is 0 Å². The van der Waals surface area contributed by atoms with Crippen LogP contribution >= 0.6 is 11.6 Å².